The number of anilines is 1. The third-order valence-corrected chi connectivity index (χ3v) is 3.05. The molecule has 0 fully saturated rings. The van der Waals surface area contributed by atoms with Crippen molar-refractivity contribution in [1.82, 2.24) is 15.4 Å². The Bertz CT molecular complexity index is 824. The minimum absolute atomic E-state index is 0.276. The number of benzene rings is 2. The number of fused-ring (bicyclic) bond motifs is 1. The van der Waals surface area contributed by atoms with Crippen LogP contribution in [0, 0.1) is 0 Å². The first kappa shape index (κ1) is 14.1. The quantitative estimate of drug-likeness (QED) is 0.763. The molecule has 1 amide bonds. The van der Waals surface area contributed by atoms with Crippen LogP contribution >= 0.6 is 0 Å². The summed E-state index contributed by atoms with van der Waals surface area (Å²) in [6, 6.07) is 8.96. The zero-order chi connectivity index (χ0) is 15.7. The molecule has 3 rings (SSSR count). The van der Waals surface area contributed by atoms with E-state index in [4.69, 9.17) is 0 Å². The van der Waals surface area contributed by atoms with Gasteiger partial charge in [-0.1, -0.05) is 0 Å². The number of hydrogen-bond donors (Lipinski definition) is 2. The number of rotatable bonds is 2. The van der Waals surface area contributed by atoms with Gasteiger partial charge in [-0.2, -0.15) is 28.6 Å². The monoisotopic (exact) mass is 306 g/mol. The van der Waals surface area contributed by atoms with Crippen LogP contribution < -0.4 is 5.32 Å². The maximum atomic E-state index is 12.5. The number of aromatic nitrogens is 3. The molecule has 0 aliphatic rings. The number of alkyl halides is 3. The first-order valence-corrected chi connectivity index (χ1v) is 6.22. The summed E-state index contributed by atoms with van der Waals surface area (Å²) in [6.45, 7) is 0. The van der Waals surface area contributed by atoms with Crippen LogP contribution in [0.15, 0.2) is 42.5 Å². The summed E-state index contributed by atoms with van der Waals surface area (Å²) < 4.78 is 37.4. The molecule has 0 radical (unpaired) electrons. The van der Waals surface area contributed by atoms with E-state index in [9.17, 15) is 18.0 Å². The summed E-state index contributed by atoms with van der Waals surface area (Å²) in [5, 5.41) is 12.7. The molecule has 22 heavy (non-hydrogen) atoms. The van der Waals surface area contributed by atoms with Crippen LogP contribution in [0.4, 0.5) is 18.9 Å². The SMILES string of the molecule is O=C(Nc1ccc(C(F)(F)F)cc1)c1ccc2n[nH]nc2c1. The fraction of sp³-hybridized carbons (Fsp3) is 0.0714. The average Bonchev–Trinajstić information content (AvgIpc) is 2.94. The van der Waals surface area contributed by atoms with Crippen LogP contribution in [0.5, 0.6) is 0 Å². The molecule has 2 aromatic carbocycles. The van der Waals surface area contributed by atoms with Gasteiger partial charge in [-0.05, 0) is 42.5 Å². The van der Waals surface area contributed by atoms with E-state index in [2.05, 4.69) is 20.7 Å². The number of hydrogen-bond acceptors (Lipinski definition) is 3. The third-order valence-electron chi connectivity index (χ3n) is 3.05. The molecule has 3 aromatic rings. The highest BCUT2D eigenvalue weighted by Crippen LogP contribution is 2.29. The Balaban J connectivity index is 1.78. The Labute approximate surface area is 122 Å². The van der Waals surface area contributed by atoms with Crippen LogP contribution in [0.2, 0.25) is 0 Å². The summed E-state index contributed by atoms with van der Waals surface area (Å²) >= 11 is 0. The van der Waals surface area contributed by atoms with Gasteiger partial charge in [0, 0.05) is 11.3 Å². The second-order valence-corrected chi connectivity index (χ2v) is 4.56. The van der Waals surface area contributed by atoms with Crippen LogP contribution in [0.25, 0.3) is 11.0 Å². The maximum absolute atomic E-state index is 12.5. The molecule has 2 N–H and O–H groups in total. The van der Waals surface area contributed by atoms with Crippen molar-refractivity contribution < 1.29 is 18.0 Å². The first-order chi connectivity index (χ1) is 10.4. The number of aromatic amines is 1. The van der Waals surface area contributed by atoms with Crippen molar-refractivity contribution in [2.24, 2.45) is 0 Å². The normalized spacial score (nSPS) is 11.6. The number of carbonyl (C=O) groups excluding carboxylic acids is 1. The highest BCUT2D eigenvalue weighted by molar-refractivity contribution is 6.05. The van der Waals surface area contributed by atoms with Crippen molar-refractivity contribution in [2.75, 3.05) is 5.32 Å². The molecular formula is C14H9F3N4O. The molecule has 0 aliphatic carbocycles. The molecule has 0 bridgehead atoms. The van der Waals surface area contributed by atoms with Crippen molar-refractivity contribution in [3.8, 4) is 0 Å². The van der Waals surface area contributed by atoms with E-state index in [0.29, 0.717) is 16.6 Å². The van der Waals surface area contributed by atoms with E-state index in [1.54, 1.807) is 12.1 Å². The number of nitrogens with zero attached hydrogens (tertiary/aromatic N) is 2. The zero-order valence-corrected chi connectivity index (χ0v) is 11.0. The Kier molecular flexibility index (Phi) is 3.28. The van der Waals surface area contributed by atoms with Gasteiger partial charge in [-0.3, -0.25) is 4.79 Å². The lowest BCUT2D eigenvalue weighted by Crippen LogP contribution is -2.12. The summed E-state index contributed by atoms with van der Waals surface area (Å²) in [6.07, 6.45) is -4.40. The van der Waals surface area contributed by atoms with Gasteiger partial charge in [0.25, 0.3) is 5.91 Å². The molecule has 0 saturated heterocycles. The molecule has 8 heteroatoms. The largest absolute Gasteiger partial charge is 0.416 e. The second-order valence-electron chi connectivity index (χ2n) is 4.56. The van der Waals surface area contributed by atoms with E-state index in [1.807, 2.05) is 0 Å². The van der Waals surface area contributed by atoms with Gasteiger partial charge >= 0.3 is 6.18 Å². The molecule has 0 spiro atoms. The van der Waals surface area contributed by atoms with E-state index in [1.165, 1.54) is 18.2 Å². The van der Waals surface area contributed by atoms with E-state index in [-0.39, 0.29) is 5.69 Å². The summed E-state index contributed by atoms with van der Waals surface area (Å²) in [5.74, 6) is -0.440. The Morgan fingerprint density at radius 3 is 2.36 bits per heavy atom. The number of carbonyl (C=O) groups is 1. The van der Waals surface area contributed by atoms with Crippen LogP contribution in [-0.4, -0.2) is 21.3 Å². The van der Waals surface area contributed by atoms with Gasteiger partial charge in [-0.25, -0.2) is 0 Å². The smallest absolute Gasteiger partial charge is 0.322 e. The minimum atomic E-state index is -4.40. The Hall–Kier alpha value is -2.90. The number of halogens is 3. The van der Waals surface area contributed by atoms with Gasteiger partial charge in [0.2, 0.25) is 0 Å². The standard InChI is InChI=1S/C14H9F3N4O/c15-14(16,17)9-2-4-10(5-3-9)18-13(22)8-1-6-11-12(7-8)20-21-19-11/h1-7H,(H,18,22)(H,19,20,21). The van der Waals surface area contributed by atoms with Crippen LogP contribution in [0.1, 0.15) is 15.9 Å². The molecule has 0 unspecified atom stereocenters. The molecule has 5 nitrogen and oxygen atoms in total. The zero-order valence-electron chi connectivity index (χ0n) is 11.0. The molecule has 1 aromatic heterocycles. The van der Waals surface area contributed by atoms with Crippen molar-refractivity contribution >= 4 is 22.6 Å². The molecule has 1 heterocycles. The Morgan fingerprint density at radius 2 is 1.68 bits per heavy atom. The molecule has 0 saturated carbocycles. The van der Waals surface area contributed by atoms with E-state index in [0.717, 1.165) is 12.1 Å². The van der Waals surface area contributed by atoms with Gasteiger partial charge in [0.15, 0.2) is 0 Å². The lowest BCUT2D eigenvalue weighted by molar-refractivity contribution is -0.137. The predicted octanol–water partition coefficient (Wildman–Crippen LogP) is 3.23. The van der Waals surface area contributed by atoms with Crippen molar-refractivity contribution in [3.05, 3.63) is 53.6 Å². The number of nitrogens with one attached hydrogen (secondary N) is 2. The number of amides is 1. The van der Waals surface area contributed by atoms with E-state index >= 15 is 0 Å². The fourth-order valence-corrected chi connectivity index (χ4v) is 1.93. The summed E-state index contributed by atoms with van der Waals surface area (Å²) in [4.78, 5) is 12.1. The maximum Gasteiger partial charge on any atom is 0.416 e. The fourth-order valence-electron chi connectivity index (χ4n) is 1.93. The van der Waals surface area contributed by atoms with Crippen molar-refractivity contribution in [2.45, 2.75) is 6.18 Å². The first-order valence-electron chi connectivity index (χ1n) is 6.22. The van der Waals surface area contributed by atoms with Crippen molar-refractivity contribution in [1.29, 1.82) is 0 Å². The minimum Gasteiger partial charge on any atom is -0.322 e. The predicted molar refractivity (Wildman–Crippen MR) is 73.3 cm³/mol. The van der Waals surface area contributed by atoms with Gasteiger partial charge in [0.05, 0.1) is 5.56 Å². The lowest BCUT2D eigenvalue weighted by Gasteiger charge is -2.08. The van der Waals surface area contributed by atoms with Crippen LogP contribution in [0.3, 0.4) is 0 Å². The van der Waals surface area contributed by atoms with Gasteiger partial charge < -0.3 is 5.32 Å². The Morgan fingerprint density at radius 1 is 1.00 bits per heavy atom. The molecule has 112 valence electrons. The topological polar surface area (TPSA) is 70.7 Å². The van der Waals surface area contributed by atoms with E-state index < -0.39 is 17.6 Å². The average molecular weight is 306 g/mol. The highest BCUT2D eigenvalue weighted by atomic mass is 19.4. The van der Waals surface area contributed by atoms with Gasteiger partial charge in [0.1, 0.15) is 11.0 Å². The molecule has 0 atom stereocenters. The summed E-state index contributed by atoms with van der Waals surface area (Å²) in [7, 11) is 0. The molecular weight excluding hydrogens is 297 g/mol. The highest BCUT2D eigenvalue weighted by Gasteiger charge is 2.29. The van der Waals surface area contributed by atoms with Crippen molar-refractivity contribution in [3.63, 3.8) is 0 Å². The number of H-pyrrole nitrogens is 1. The lowest BCUT2D eigenvalue weighted by atomic mass is 10.1. The van der Waals surface area contributed by atoms with Crippen LogP contribution in [-0.2, 0) is 6.18 Å². The summed E-state index contributed by atoms with van der Waals surface area (Å²) in [5.41, 5.74) is 0.986. The third kappa shape index (κ3) is 2.76. The van der Waals surface area contributed by atoms with Gasteiger partial charge in [-0.15, -0.1) is 0 Å². The second kappa shape index (κ2) is 5.14. The molecule has 0 aliphatic heterocycles.